The number of nitrogens with zero attached hydrogens (tertiary/aromatic N) is 5. The number of aryl methyl sites for hydroxylation is 1. The van der Waals surface area contributed by atoms with Crippen LogP contribution in [0.5, 0.6) is 0 Å². The summed E-state index contributed by atoms with van der Waals surface area (Å²) in [5.74, 6) is 0.181. The van der Waals surface area contributed by atoms with Crippen LogP contribution in [-0.2, 0) is 11.3 Å². The third-order valence-electron chi connectivity index (χ3n) is 3.58. The average Bonchev–Trinajstić information content (AvgIpc) is 3.18. The van der Waals surface area contributed by atoms with E-state index >= 15 is 0 Å². The van der Waals surface area contributed by atoms with Gasteiger partial charge in [-0.2, -0.15) is 5.10 Å². The molecule has 0 aromatic carbocycles. The van der Waals surface area contributed by atoms with Crippen LogP contribution in [0.25, 0.3) is 0 Å². The van der Waals surface area contributed by atoms with Gasteiger partial charge in [0.25, 0.3) is 0 Å². The van der Waals surface area contributed by atoms with E-state index in [-0.39, 0.29) is 11.9 Å². The Morgan fingerprint density at radius 1 is 1.45 bits per heavy atom. The van der Waals surface area contributed by atoms with Crippen molar-refractivity contribution in [3.05, 3.63) is 29.2 Å². The van der Waals surface area contributed by atoms with Crippen molar-refractivity contribution in [2.24, 2.45) is 0 Å². The minimum Gasteiger partial charge on any atom is -0.333 e. The zero-order chi connectivity index (χ0) is 13.8. The molecule has 0 bridgehead atoms. The fourth-order valence-electron chi connectivity index (χ4n) is 2.59. The Labute approximate surface area is 121 Å². The number of hydrogen-bond acceptors (Lipinski definition) is 5. The van der Waals surface area contributed by atoms with Gasteiger partial charge in [0.15, 0.2) is 0 Å². The summed E-state index contributed by atoms with van der Waals surface area (Å²) < 4.78 is 1.69. The van der Waals surface area contributed by atoms with E-state index < -0.39 is 0 Å². The van der Waals surface area contributed by atoms with Crippen molar-refractivity contribution in [1.29, 1.82) is 0 Å². The molecule has 3 heterocycles. The van der Waals surface area contributed by atoms with E-state index in [4.69, 9.17) is 0 Å². The van der Waals surface area contributed by atoms with Crippen molar-refractivity contribution >= 4 is 17.2 Å². The predicted molar refractivity (Wildman–Crippen MR) is 75.1 cm³/mol. The van der Waals surface area contributed by atoms with E-state index in [1.807, 2.05) is 16.5 Å². The summed E-state index contributed by atoms with van der Waals surface area (Å²) in [6, 6.07) is 0.159. The summed E-state index contributed by atoms with van der Waals surface area (Å²) in [4.78, 5) is 22.7. The first kappa shape index (κ1) is 13.2. The Morgan fingerprint density at radius 3 is 3.15 bits per heavy atom. The summed E-state index contributed by atoms with van der Waals surface area (Å²) in [6.07, 6.45) is 8.67. The molecule has 20 heavy (non-hydrogen) atoms. The summed E-state index contributed by atoms with van der Waals surface area (Å²) in [6.45, 7) is 1.42. The van der Waals surface area contributed by atoms with E-state index in [2.05, 4.69) is 15.1 Å². The molecule has 0 radical (unpaired) electrons. The quantitative estimate of drug-likeness (QED) is 0.862. The van der Waals surface area contributed by atoms with Crippen molar-refractivity contribution in [3.63, 3.8) is 0 Å². The highest BCUT2D eigenvalue weighted by atomic mass is 32.1. The Hall–Kier alpha value is -1.76. The van der Waals surface area contributed by atoms with Gasteiger partial charge in [-0.05, 0) is 19.3 Å². The molecule has 7 heteroatoms. The highest BCUT2D eigenvalue weighted by molar-refractivity contribution is 7.09. The molecule has 2 aromatic rings. The van der Waals surface area contributed by atoms with Crippen molar-refractivity contribution in [1.82, 2.24) is 24.6 Å². The van der Waals surface area contributed by atoms with Crippen LogP contribution in [-0.4, -0.2) is 37.1 Å². The molecular formula is C13H17N5OS. The molecule has 1 aliphatic rings. The molecule has 3 rings (SSSR count). The zero-order valence-corrected chi connectivity index (χ0v) is 12.0. The highest BCUT2D eigenvalue weighted by Crippen LogP contribution is 2.32. The normalized spacial score (nSPS) is 19.2. The van der Waals surface area contributed by atoms with Crippen LogP contribution < -0.4 is 0 Å². The summed E-state index contributed by atoms with van der Waals surface area (Å²) >= 11 is 1.63. The maximum atomic E-state index is 12.4. The lowest BCUT2D eigenvalue weighted by molar-refractivity contribution is -0.135. The maximum absolute atomic E-state index is 12.4. The maximum Gasteiger partial charge on any atom is 0.225 e. The van der Waals surface area contributed by atoms with Gasteiger partial charge >= 0.3 is 0 Å². The molecule has 106 valence electrons. The minimum atomic E-state index is 0.159. The second-order valence-corrected chi connectivity index (χ2v) is 5.80. The number of amides is 1. The first-order chi connectivity index (χ1) is 9.84. The van der Waals surface area contributed by atoms with Crippen LogP contribution >= 0.6 is 11.3 Å². The summed E-state index contributed by atoms with van der Waals surface area (Å²) in [7, 11) is 0. The van der Waals surface area contributed by atoms with Gasteiger partial charge in [0.2, 0.25) is 5.91 Å². The zero-order valence-electron chi connectivity index (χ0n) is 11.2. The van der Waals surface area contributed by atoms with Gasteiger partial charge in [-0.25, -0.2) is 9.97 Å². The number of likely N-dealkylation sites (tertiary alicyclic amines) is 1. The van der Waals surface area contributed by atoms with Crippen molar-refractivity contribution in [2.45, 2.75) is 38.3 Å². The number of hydrogen-bond donors (Lipinski definition) is 0. The Kier molecular flexibility index (Phi) is 4.05. The number of carbonyl (C=O) groups excluding carboxylic acids is 1. The van der Waals surface area contributed by atoms with E-state index in [9.17, 15) is 4.79 Å². The number of piperidine rings is 1. The van der Waals surface area contributed by atoms with E-state index in [1.165, 1.54) is 6.33 Å². The van der Waals surface area contributed by atoms with Gasteiger partial charge < -0.3 is 4.90 Å². The molecule has 0 aliphatic carbocycles. The highest BCUT2D eigenvalue weighted by Gasteiger charge is 2.29. The fourth-order valence-corrected chi connectivity index (χ4v) is 3.37. The third kappa shape index (κ3) is 2.87. The second-order valence-electron chi connectivity index (χ2n) is 4.88. The van der Waals surface area contributed by atoms with Crippen LogP contribution in [0.2, 0.25) is 0 Å². The predicted octanol–water partition coefficient (Wildman–Crippen LogP) is 1.88. The lowest BCUT2D eigenvalue weighted by Gasteiger charge is -2.34. The molecule has 2 aromatic heterocycles. The van der Waals surface area contributed by atoms with E-state index in [0.29, 0.717) is 13.0 Å². The van der Waals surface area contributed by atoms with Gasteiger partial charge in [0, 0.05) is 24.5 Å². The molecule has 0 unspecified atom stereocenters. The molecule has 1 aliphatic heterocycles. The van der Waals surface area contributed by atoms with E-state index in [1.54, 1.807) is 22.3 Å². The molecule has 0 N–H and O–H groups in total. The number of rotatable bonds is 4. The van der Waals surface area contributed by atoms with Gasteiger partial charge in [-0.15, -0.1) is 11.3 Å². The first-order valence-corrected chi connectivity index (χ1v) is 7.74. The average molecular weight is 291 g/mol. The Balaban J connectivity index is 1.65. The Bertz CT molecular complexity index is 539. The molecule has 1 atom stereocenters. The molecule has 0 spiro atoms. The van der Waals surface area contributed by atoms with Gasteiger partial charge in [-0.3, -0.25) is 9.48 Å². The van der Waals surface area contributed by atoms with Crippen LogP contribution in [0.4, 0.5) is 0 Å². The summed E-state index contributed by atoms with van der Waals surface area (Å²) in [5, 5.41) is 7.06. The molecule has 1 saturated heterocycles. The topological polar surface area (TPSA) is 63.9 Å². The smallest absolute Gasteiger partial charge is 0.225 e. The standard InChI is InChI=1S/C13H17N5OS/c19-12(4-7-17-10-14-9-16-17)18-6-2-1-3-11(18)13-15-5-8-20-13/h5,8-11H,1-4,6-7H2/t11-/m0/s1. The van der Waals surface area contributed by atoms with Gasteiger partial charge in [0.1, 0.15) is 17.7 Å². The lowest BCUT2D eigenvalue weighted by Crippen LogP contribution is -2.38. The largest absolute Gasteiger partial charge is 0.333 e. The number of thiazole rings is 1. The van der Waals surface area contributed by atoms with Crippen LogP contribution in [0.1, 0.15) is 36.7 Å². The number of carbonyl (C=O) groups is 1. The third-order valence-corrected chi connectivity index (χ3v) is 4.46. The molecule has 1 amide bonds. The molecule has 6 nitrogen and oxygen atoms in total. The van der Waals surface area contributed by atoms with Crippen LogP contribution in [0, 0.1) is 0 Å². The van der Waals surface area contributed by atoms with Crippen LogP contribution in [0.15, 0.2) is 24.2 Å². The lowest BCUT2D eigenvalue weighted by atomic mass is 10.0. The van der Waals surface area contributed by atoms with Crippen molar-refractivity contribution in [2.75, 3.05) is 6.54 Å². The van der Waals surface area contributed by atoms with Crippen molar-refractivity contribution < 1.29 is 4.79 Å². The van der Waals surface area contributed by atoms with E-state index in [0.717, 1.165) is 30.8 Å². The van der Waals surface area contributed by atoms with Gasteiger partial charge in [0.05, 0.1) is 12.6 Å². The SMILES string of the molecule is O=C(CCn1cncn1)N1CCCC[C@H]1c1nccs1. The second kappa shape index (κ2) is 6.13. The fraction of sp³-hybridized carbons (Fsp3) is 0.538. The van der Waals surface area contributed by atoms with Crippen LogP contribution in [0.3, 0.4) is 0 Å². The molecular weight excluding hydrogens is 274 g/mol. The number of aromatic nitrogens is 4. The minimum absolute atomic E-state index is 0.159. The molecule has 0 saturated carbocycles. The van der Waals surface area contributed by atoms with Crippen molar-refractivity contribution in [3.8, 4) is 0 Å². The van der Waals surface area contributed by atoms with Gasteiger partial charge in [-0.1, -0.05) is 0 Å². The first-order valence-electron chi connectivity index (χ1n) is 6.86. The Morgan fingerprint density at radius 2 is 2.40 bits per heavy atom. The molecule has 1 fully saturated rings. The monoisotopic (exact) mass is 291 g/mol. The summed E-state index contributed by atoms with van der Waals surface area (Å²) in [5.41, 5.74) is 0.